The monoisotopic (exact) mass is 236 g/mol. The Morgan fingerprint density at radius 2 is 2.06 bits per heavy atom. The largest absolute Gasteiger partial charge is 0.326 e. The second-order valence-corrected chi connectivity index (χ2v) is 6.09. The van der Waals surface area contributed by atoms with E-state index in [1.54, 1.807) is 0 Å². The maximum Gasteiger partial charge on any atom is 0.244 e. The lowest BCUT2D eigenvalue weighted by atomic mass is 9.98. The van der Waals surface area contributed by atoms with Crippen molar-refractivity contribution < 1.29 is 4.79 Å². The maximum atomic E-state index is 12.6. The minimum Gasteiger partial charge on any atom is -0.326 e. The van der Waals surface area contributed by atoms with Crippen LogP contribution >= 0.6 is 0 Å². The van der Waals surface area contributed by atoms with Gasteiger partial charge in [-0.1, -0.05) is 32.6 Å². The SMILES string of the molecule is CCC1NC2(CCCC2)C(=O)N1CCC1CC1. The third-order valence-corrected chi connectivity index (χ3v) is 4.81. The van der Waals surface area contributed by atoms with Gasteiger partial charge in [0.2, 0.25) is 5.91 Å². The molecule has 0 aromatic carbocycles. The van der Waals surface area contributed by atoms with Gasteiger partial charge in [0.15, 0.2) is 0 Å². The molecule has 2 aliphatic carbocycles. The fraction of sp³-hybridized carbons (Fsp3) is 0.929. The Kier molecular flexibility index (Phi) is 2.89. The molecule has 17 heavy (non-hydrogen) atoms. The molecule has 3 rings (SSSR count). The molecule has 96 valence electrons. The highest BCUT2D eigenvalue weighted by Crippen LogP contribution is 2.38. The van der Waals surface area contributed by atoms with Crippen LogP contribution in [0.2, 0.25) is 0 Å². The summed E-state index contributed by atoms with van der Waals surface area (Å²) in [6.07, 6.45) is 9.88. The smallest absolute Gasteiger partial charge is 0.244 e. The van der Waals surface area contributed by atoms with E-state index in [9.17, 15) is 4.79 Å². The number of hydrogen-bond donors (Lipinski definition) is 1. The van der Waals surface area contributed by atoms with Gasteiger partial charge in [-0.25, -0.2) is 0 Å². The number of hydrogen-bond acceptors (Lipinski definition) is 2. The van der Waals surface area contributed by atoms with Crippen LogP contribution in [0.5, 0.6) is 0 Å². The van der Waals surface area contributed by atoms with E-state index in [4.69, 9.17) is 0 Å². The van der Waals surface area contributed by atoms with Crippen molar-refractivity contribution in [2.24, 2.45) is 5.92 Å². The van der Waals surface area contributed by atoms with Crippen molar-refractivity contribution >= 4 is 5.91 Å². The molecule has 1 heterocycles. The predicted molar refractivity (Wildman–Crippen MR) is 67.5 cm³/mol. The lowest BCUT2D eigenvalue weighted by Crippen LogP contribution is -2.44. The number of carbonyl (C=O) groups excluding carboxylic acids is 1. The van der Waals surface area contributed by atoms with Crippen molar-refractivity contribution in [3.63, 3.8) is 0 Å². The molecule has 1 saturated heterocycles. The molecule has 3 heteroatoms. The minimum absolute atomic E-state index is 0.162. The highest BCUT2D eigenvalue weighted by atomic mass is 16.2. The fourth-order valence-electron chi connectivity index (χ4n) is 3.52. The molecular formula is C14H24N2O. The second kappa shape index (κ2) is 4.27. The van der Waals surface area contributed by atoms with E-state index in [1.807, 2.05) is 0 Å². The van der Waals surface area contributed by atoms with E-state index in [0.29, 0.717) is 12.1 Å². The van der Waals surface area contributed by atoms with Crippen molar-refractivity contribution in [2.45, 2.75) is 70.0 Å². The molecule has 1 N–H and O–H groups in total. The van der Waals surface area contributed by atoms with Crippen LogP contribution in [0.15, 0.2) is 0 Å². The summed E-state index contributed by atoms with van der Waals surface area (Å²) >= 11 is 0. The average Bonchev–Trinajstić information content (AvgIpc) is 2.98. The zero-order valence-electron chi connectivity index (χ0n) is 10.9. The number of amides is 1. The van der Waals surface area contributed by atoms with E-state index in [-0.39, 0.29) is 5.54 Å². The molecule has 1 spiro atoms. The van der Waals surface area contributed by atoms with E-state index in [1.165, 1.54) is 32.1 Å². The summed E-state index contributed by atoms with van der Waals surface area (Å²) in [7, 11) is 0. The molecule has 1 atom stereocenters. The van der Waals surface area contributed by atoms with Crippen LogP contribution in [0.25, 0.3) is 0 Å². The summed E-state index contributed by atoms with van der Waals surface area (Å²) in [5.74, 6) is 1.32. The van der Waals surface area contributed by atoms with Crippen LogP contribution in [0.4, 0.5) is 0 Å². The Morgan fingerprint density at radius 1 is 1.35 bits per heavy atom. The first-order chi connectivity index (χ1) is 8.25. The van der Waals surface area contributed by atoms with Crippen LogP contribution in [0, 0.1) is 5.92 Å². The zero-order valence-corrected chi connectivity index (χ0v) is 10.9. The molecule has 0 aromatic heterocycles. The molecule has 0 bridgehead atoms. The summed E-state index contributed by atoms with van der Waals surface area (Å²) in [6, 6.07) is 0. The minimum atomic E-state index is -0.162. The van der Waals surface area contributed by atoms with Crippen LogP contribution in [-0.4, -0.2) is 29.1 Å². The van der Waals surface area contributed by atoms with Gasteiger partial charge in [0.05, 0.1) is 11.7 Å². The van der Waals surface area contributed by atoms with Gasteiger partial charge < -0.3 is 4.90 Å². The van der Waals surface area contributed by atoms with Crippen molar-refractivity contribution in [2.75, 3.05) is 6.54 Å². The molecule has 1 unspecified atom stereocenters. The molecular weight excluding hydrogens is 212 g/mol. The lowest BCUT2D eigenvalue weighted by molar-refractivity contribution is -0.133. The van der Waals surface area contributed by atoms with Gasteiger partial charge >= 0.3 is 0 Å². The second-order valence-electron chi connectivity index (χ2n) is 6.09. The molecule has 3 aliphatic rings. The van der Waals surface area contributed by atoms with Crippen LogP contribution < -0.4 is 5.32 Å². The molecule has 0 aromatic rings. The van der Waals surface area contributed by atoms with Gasteiger partial charge in [-0.2, -0.15) is 0 Å². The molecule has 1 amide bonds. The van der Waals surface area contributed by atoms with Gasteiger partial charge in [-0.15, -0.1) is 0 Å². The van der Waals surface area contributed by atoms with Crippen molar-refractivity contribution in [1.82, 2.24) is 10.2 Å². The number of nitrogens with zero attached hydrogens (tertiary/aromatic N) is 1. The van der Waals surface area contributed by atoms with E-state index >= 15 is 0 Å². The average molecular weight is 236 g/mol. The highest BCUT2D eigenvalue weighted by molar-refractivity contribution is 5.89. The van der Waals surface area contributed by atoms with Crippen molar-refractivity contribution in [3.05, 3.63) is 0 Å². The molecule has 2 saturated carbocycles. The van der Waals surface area contributed by atoms with Crippen LogP contribution in [0.3, 0.4) is 0 Å². The van der Waals surface area contributed by atoms with Crippen molar-refractivity contribution in [1.29, 1.82) is 0 Å². The highest BCUT2D eigenvalue weighted by Gasteiger charge is 2.51. The Morgan fingerprint density at radius 3 is 2.65 bits per heavy atom. The third kappa shape index (κ3) is 1.99. The summed E-state index contributed by atoms with van der Waals surface area (Å²) < 4.78 is 0. The van der Waals surface area contributed by atoms with Gasteiger partial charge in [0, 0.05) is 6.54 Å². The first-order valence-corrected chi connectivity index (χ1v) is 7.34. The standard InChI is InChI=1S/C14H24N2O/c1-2-12-15-14(8-3-4-9-14)13(17)16(12)10-7-11-5-6-11/h11-12,15H,2-10H2,1H3. The first kappa shape index (κ1) is 11.5. The Balaban J connectivity index is 1.69. The first-order valence-electron chi connectivity index (χ1n) is 7.34. The predicted octanol–water partition coefficient (Wildman–Crippen LogP) is 2.27. The lowest BCUT2D eigenvalue weighted by Gasteiger charge is -2.23. The Bertz CT molecular complexity index is 305. The van der Waals surface area contributed by atoms with Gasteiger partial charge in [-0.05, 0) is 31.6 Å². The number of carbonyl (C=O) groups is 1. The summed E-state index contributed by atoms with van der Waals surface area (Å²) in [6.45, 7) is 3.17. The van der Waals surface area contributed by atoms with Gasteiger partial charge in [0.1, 0.15) is 0 Å². The normalized spacial score (nSPS) is 31.7. The number of nitrogens with one attached hydrogen (secondary N) is 1. The zero-order chi connectivity index (χ0) is 11.9. The molecule has 3 nitrogen and oxygen atoms in total. The Hall–Kier alpha value is -0.570. The van der Waals surface area contributed by atoms with Crippen molar-refractivity contribution in [3.8, 4) is 0 Å². The van der Waals surface area contributed by atoms with Gasteiger partial charge in [-0.3, -0.25) is 10.1 Å². The van der Waals surface area contributed by atoms with Crippen LogP contribution in [0.1, 0.15) is 58.3 Å². The van der Waals surface area contributed by atoms with Gasteiger partial charge in [0.25, 0.3) is 0 Å². The summed E-state index contributed by atoms with van der Waals surface area (Å²) in [5, 5.41) is 3.64. The number of rotatable bonds is 4. The fourth-order valence-corrected chi connectivity index (χ4v) is 3.52. The van der Waals surface area contributed by atoms with E-state index in [0.717, 1.165) is 31.7 Å². The summed E-state index contributed by atoms with van der Waals surface area (Å²) in [4.78, 5) is 14.7. The van der Waals surface area contributed by atoms with Crippen LogP contribution in [-0.2, 0) is 4.79 Å². The van der Waals surface area contributed by atoms with E-state index < -0.39 is 0 Å². The van der Waals surface area contributed by atoms with E-state index in [2.05, 4.69) is 17.1 Å². The summed E-state index contributed by atoms with van der Waals surface area (Å²) in [5.41, 5.74) is -0.162. The molecule has 0 radical (unpaired) electrons. The third-order valence-electron chi connectivity index (χ3n) is 4.81. The quantitative estimate of drug-likeness (QED) is 0.812. The maximum absolute atomic E-state index is 12.6. The Labute approximate surface area is 104 Å². The molecule has 1 aliphatic heterocycles. The molecule has 3 fully saturated rings. The topological polar surface area (TPSA) is 32.3 Å².